The minimum Gasteiger partial charge on any atom is -0.345 e. The number of nitrogens with one attached hydrogen (secondary N) is 2. The Bertz CT molecular complexity index is 472. The predicted octanol–water partition coefficient (Wildman–Crippen LogP) is 0.818. The maximum Gasteiger partial charge on any atom is 0.405 e. The van der Waals surface area contributed by atoms with Crippen molar-refractivity contribution in [1.82, 2.24) is 15.5 Å². The lowest BCUT2D eigenvalue weighted by Crippen LogP contribution is -2.51. The average Bonchev–Trinajstić information content (AvgIpc) is 2.88. The van der Waals surface area contributed by atoms with E-state index in [1.54, 1.807) is 26.1 Å². The summed E-state index contributed by atoms with van der Waals surface area (Å²) in [5.41, 5.74) is -0.632. The number of carbonyl (C=O) groups excluding carboxylic acids is 3. The summed E-state index contributed by atoms with van der Waals surface area (Å²) in [6.07, 6.45) is -3.36. The monoisotopic (exact) mass is 337 g/mol. The molecule has 0 saturated carbocycles. The van der Waals surface area contributed by atoms with Crippen LogP contribution in [0.3, 0.4) is 0 Å². The molecule has 1 saturated heterocycles. The van der Waals surface area contributed by atoms with Gasteiger partial charge in [0.05, 0.1) is 6.54 Å². The Kier molecular flexibility index (Phi) is 6.01. The van der Waals surface area contributed by atoms with Gasteiger partial charge < -0.3 is 15.5 Å². The van der Waals surface area contributed by atoms with Crippen molar-refractivity contribution in [3.8, 4) is 0 Å². The lowest BCUT2D eigenvalue weighted by molar-refractivity contribution is -0.145. The molecule has 0 radical (unpaired) electrons. The van der Waals surface area contributed by atoms with E-state index >= 15 is 0 Å². The minimum absolute atomic E-state index is 0.170. The summed E-state index contributed by atoms with van der Waals surface area (Å²) < 4.78 is 35.9. The molecule has 1 heterocycles. The number of amides is 3. The Balaban J connectivity index is 2.51. The SMILES string of the molecule is CC(C)(C)C(=O)N1CCC[C@@H]1C(=O)NCC(=O)NCC(F)(F)F. The molecule has 0 aromatic rings. The van der Waals surface area contributed by atoms with Crippen LogP contribution in [0.5, 0.6) is 0 Å². The van der Waals surface area contributed by atoms with E-state index in [0.717, 1.165) is 0 Å². The van der Waals surface area contributed by atoms with Gasteiger partial charge in [-0.05, 0) is 12.8 Å². The fourth-order valence-electron chi connectivity index (χ4n) is 2.26. The summed E-state index contributed by atoms with van der Waals surface area (Å²) in [5.74, 6) is -1.62. The molecule has 23 heavy (non-hydrogen) atoms. The summed E-state index contributed by atoms with van der Waals surface area (Å²) >= 11 is 0. The summed E-state index contributed by atoms with van der Waals surface area (Å²) in [4.78, 5) is 37.1. The summed E-state index contributed by atoms with van der Waals surface area (Å²) in [5, 5.41) is 3.95. The molecule has 1 aliphatic heterocycles. The highest BCUT2D eigenvalue weighted by Crippen LogP contribution is 2.25. The molecule has 1 rings (SSSR count). The molecular formula is C14H22F3N3O3. The van der Waals surface area contributed by atoms with Gasteiger partial charge in [0.2, 0.25) is 17.7 Å². The Labute approximate surface area is 132 Å². The zero-order valence-electron chi connectivity index (χ0n) is 13.4. The van der Waals surface area contributed by atoms with Crippen LogP contribution in [0.1, 0.15) is 33.6 Å². The molecule has 0 aliphatic carbocycles. The van der Waals surface area contributed by atoms with Crippen molar-refractivity contribution in [1.29, 1.82) is 0 Å². The molecule has 0 bridgehead atoms. The Hall–Kier alpha value is -1.80. The number of likely N-dealkylation sites (tertiary alicyclic amines) is 1. The maximum absolute atomic E-state index is 12.3. The fraction of sp³-hybridized carbons (Fsp3) is 0.786. The van der Waals surface area contributed by atoms with Gasteiger partial charge in [-0.3, -0.25) is 14.4 Å². The summed E-state index contributed by atoms with van der Waals surface area (Å²) in [6, 6.07) is -0.683. The van der Waals surface area contributed by atoms with Gasteiger partial charge in [-0.15, -0.1) is 0 Å². The van der Waals surface area contributed by atoms with Gasteiger partial charge in [0.25, 0.3) is 0 Å². The quantitative estimate of drug-likeness (QED) is 0.797. The van der Waals surface area contributed by atoms with E-state index in [-0.39, 0.29) is 5.91 Å². The Morgan fingerprint density at radius 1 is 1.13 bits per heavy atom. The molecule has 132 valence electrons. The Morgan fingerprint density at radius 3 is 2.26 bits per heavy atom. The van der Waals surface area contributed by atoms with Gasteiger partial charge in [-0.25, -0.2) is 0 Å². The minimum atomic E-state index is -4.50. The van der Waals surface area contributed by atoms with Crippen LogP contribution in [-0.2, 0) is 14.4 Å². The third-order valence-electron chi connectivity index (χ3n) is 3.37. The summed E-state index contributed by atoms with van der Waals surface area (Å²) in [7, 11) is 0. The third-order valence-corrected chi connectivity index (χ3v) is 3.37. The van der Waals surface area contributed by atoms with E-state index in [0.29, 0.717) is 19.4 Å². The normalized spacial score (nSPS) is 18.7. The molecule has 1 fully saturated rings. The number of carbonyl (C=O) groups is 3. The molecular weight excluding hydrogens is 315 g/mol. The van der Waals surface area contributed by atoms with E-state index in [1.807, 2.05) is 0 Å². The van der Waals surface area contributed by atoms with E-state index in [4.69, 9.17) is 0 Å². The molecule has 1 aliphatic rings. The van der Waals surface area contributed by atoms with E-state index in [9.17, 15) is 27.6 Å². The van der Waals surface area contributed by atoms with Crippen molar-refractivity contribution >= 4 is 17.7 Å². The standard InChI is InChI=1S/C14H22F3N3O3/c1-13(2,3)12(23)20-6-4-5-9(20)11(22)18-7-10(21)19-8-14(15,16)17/h9H,4-8H2,1-3H3,(H,18,22)(H,19,21)/t9-/m1/s1. The number of hydrogen-bond donors (Lipinski definition) is 2. The molecule has 0 spiro atoms. The number of hydrogen-bond acceptors (Lipinski definition) is 3. The van der Waals surface area contributed by atoms with E-state index in [1.165, 1.54) is 4.90 Å². The first-order valence-electron chi connectivity index (χ1n) is 7.34. The topological polar surface area (TPSA) is 78.5 Å². The molecule has 0 aromatic heterocycles. The number of rotatable bonds is 4. The predicted molar refractivity (Wildman–Crippen MR) is 76.3 cm³/mol. The second kappa shape index (κ2) is 7.18. The Morgan fingerprint density at radius 2 is 1.74 bits per heavy atom. The van der Waals surface area contributed by atoms with Crippen molar-refractivity contribution in [2.45, 2.75) is 45.8 Å². The number of halogens is 3. The highest BCUT2D eigenvalue weighted by molar-refractivity contribution is 5.92. The van der Waals surface area contributed by atoms with E-state index < -0.39 is 42.5 Å². The fourth-order valence-corrected chi connectivity index (χ4v) is 2.26. The third kappa shape index (κ3) is 6.07. The van der Waals surface area contributed by atoms with Gasteiger partial charge in [-0.1, -0.05) is 20.8 Å². The lowest BCUT2D eigenvalue weighted by Gasteiger charge is -2.30. The molecule has 6 nitrogen and oxygen atoms in total. The molecule has 0 aromatic carbocycles. The second-order valence-corrected chi connectivity index (χ2v) is 6.52. The van der Waals surface area contributed by atoms with Crippen LogP contribution >= 0.6 is 0 Å². The van der Waals surface area contributed by atoms with Crippen molar-refractivity contribution in [2.24, 2.45) is 5.41 Å². The smallest absolute Gasteiger partial charge is 0.345 e. The number of alkyl halides is 3. The zero-order chi connectivity index (χ0) is 17.8. The molecule has 0 unspecified atom stereocenters. The zero-order valence-corrected chi connectivity index (χ0v) is 13.4. The first-order valence-corrected chi connectivity index (χ1v) is 7.34. The van der Waals surface area contributed by atoms with Gasteiger partial charge in [0, 0.05) is 12.0 Å². The number of nitrogens with zero attached hydrogens (tertiary/aromatic N) is 1. The highest BCUT2D eigenvalue weighted by atomic mass is 19.4. The van der Waals surface area contributed by atoms with Gasteiger partial charge >= 0.3 is 6.18 Å². The van der Waals surface area contributed by atoms with Crippen molar-refractivity contribution in [2.75, 3.05) is 19.6 Å². The van der Waals surface area contributed by atoms with Crippen LogP contribution in [0.4, 0.5) is 13.2 Å². The van der Waals surface area contributed by atoms with Crippen LogP contribution in [0.25, 0.3) is 0 Å². The van der Waals surface area contributed by atoms with Gasteiger partial charge in [-0.2, -0.15) is 13.2 Å². The van der Waals surface area contributed by atoms with Crippen molar-refractivity contribution < 1.29 is 27.6 Å². The lowest BCUT2D eigenvalue weighted by atomic mass is 9.94. The first kappa shape index (κ1) is 19.2. The van der Waals surface area contributed by atoms with E-state index in [2.05, 4.69) is 5.32 Å². The maximum atomic E-state index is 12.3. The molecule has 9 heteroatoms. The van der Waals surface area contributed by atoms with Crippen LogP contribution in [-0.4, -0.2) is 54.5 Å². The molecule has 1 atom stereocenters. The van der Waals surface area contributed by atoms with Gasteiger partial charge in [0.15, 0.2) is 0 Å². The average molecular weight is 337 g/mol. The first-order chi connectivity index (χ1) is 10.4. The largest absolute Gasteiger partial charge is 0.405 e. The van der Waals surface area contributed by atoms with Crippen molar-refractivity contribution in [3.05, 3.63) is 0 Å². The van der Waals surface area contributed by atoms with Gasteiger partial charge in [0.1, 0.15) is 12.6 Å². The van der Waals surface area contributed by atoms with Crippen LogP contribution < -0.4 is 10.6 Å². The van der Waals surface area contributed by atoms with Crippen LogP contribution in [0.15, 0.2) is 0 Å². The molecule has 2 N–H and O–H groups in total. The summed E-state index contributed by atoms with van der Waals surface area (Å²) in [6.45, 7) is 3.69. The highest BCUT2D eigenvalue weighted by Gasteiger charge is 2.38. The second-order valence-electron chi connectivity index (χ2n) is 6.52. The van der Waals surface area contributed by atoms with Crippen molar-refractivity contribution in [3.63, 3.8) is 0 Å². The van der Waals surface area contributed by atoms with Crippen LogP contribution in [0.2, 0.25) is 0 Å². The molecule has 3 amide bonds. The van der Waals surface area contributed by atoms with Crippen LogP contribution in [0, 0.1) is 5.41 Å².